The molecule has 3 unspecified atom stereocenters. The van der Waals surface area contributed by atoms with Crippen LogP contribution in [0.3, 0.4) is 0 Å². The minimum absolute atomic E-state index is 0.00866. The molecule has 18 heavy (non-hydrogen) atoms. The molecule has 1 aliphatic rings. The predicted molar refractivity (Wildman–Crippen MR) is 72.7 cm³/mol. The Balaban J connectivity index is 2.18. The number of aromatic nitrogens is 2. The Morgan fingerprint density at radius 1 is 1.39 bits per heavy atom. The van der Waals surface area contributed by atoms with Crippen molar-refractivity contribution in [3.8, 4) is 0 Å². The van der Waals surface area contributed by atoms with Gasteiger partial charge in [-0.05, 0) is 39.5 Å². The fraction of sp³-hybridized carbons (Fsp3) is 0.714. The normalized spacial score (nSPS) is 25.3. The van der Waals surface area contributed by atoms with Gasteiger partial charge in [-0.3, -0.25) is 4.79 Å². The van der Waals surface area contributed by atoms with Gasteiger partial charge in [0.25, 0.3) is 5.56 Å². The van der Waals surface area contributed by atoms with Gasteiger partial charge in [0.1, 0.15) is 5.82 Å². The average molecular weight is 249 g/mol. The van der Waals surface area contributed by atoms with Crippen molar-refractivity contribution in [3.63, 3.8) is 0 Å². The lowest BCUT2D eigenvalue weighted by molar-refractivity contribution is 0.385. The molecule has 0 aromatic carbocycles. The first-order valence-electron chi connectivity index (χ1n) is 6.82. The van der Waals surface area contributed by atoms with Crippen molar-refractivity contribution in [1.82, 2.24) is 15.3 Å². The number of nitrogens with one attached hydrogen (secondary N) is 2. The fourth-order valence-electron chi connectivity index (χ4n) is 3.04. The highest BCUT2D eigenvalue weighted by molar-refractivity contribution is 5.20. The zero-order valence-corrected chi connectivity index (χ0v) is 11.7. The van der Waals surface area contributed by atoms with Gasteiger partial charge in [-0.1, -0.05) is 13.3 Å². The quantitative estimate of drug-likeness (QED) is 0.863. The van der Waals surface area contributed by atoms with Crippen LogP contribution in [-0.4, -0.2) is 16.0 Å². The van der Waals surface area contributed by atoms with E-state index in [0.717, 1.165) is 11.3 Å². The van der Waals surface area contributed by atoms with Crippen LogP contribution in [0.15, 0.2) is 4.79 Å². The number of aromatic amines is 1. The van der Waals surface area contributed by atoms with E-state index in [4.69, 9.17) is 0 Å². The van der Waals surface area contributed by atoms with E-state index in [9.17, 15) is 4.79 Å². The molecule has 1 aliphatic carbocycles. The number of hydrogen-bond acceptors (Lipinski definition) is 3. The lowest BCUT2D eigenvalue weighted by Crippen LogP contribution is -2.36. The van der Waals surface area contributed by atoms with Gasteiger partial charge in [0.15, 0.2) is 0 Å². The number of nitrogens with zero attached hydrogens (tertiary/aromatic N) is 1. The maximum absolute atomic E-state index is 12.0. The summed E-state index contributed by atoms with van der Waals surface area (Å²) in [5.41, 5.74) is 1.60. The van der Waals surface area contributed by atoms with Crippen molar-refractivity contribution < 1.29 is 0 Å². The second kappa shape index (κ2) is 5.22. The van der Waals surface area contributed by atoms with Crippen molar-refractivity contribution in [2.24, 2.45) is 5.92 Å². The number of H-pyrrole nitrogens is 1. The zero-order chi connectivity index (χ0) is 13.3. The zero-order valence-electron chi connectivity index (χ0n) is 11.7. The van der Waals surface area contributed by atoms with Crippen molar-refractivity contribution in [1.29, 1.82) is 0 Å². The summed E-state index contributed by atoms with van der Waals surface area (Å²) in [6.45, 7) is 8.06. The Bertz CT molecular complexity index is 480. The molecule has 1 fully saturated rings. The molecular weight excluding hydrogens is 226 g/mol. The monoisotopic (exact) mass is 249 g/mol. The minimum atomic E-state index is -0.00866. The van der Waals surface area contributed by atoms with Crippen molar-refractivity contribution >= 4 is 0 Å². The molecule has 0 saturated heterocycles. The van der Waals surface area contributed by atoms with Crippen molar-refractivity contribution in [2.75, 3.05) is 0 Å². The molecule has 1 aromatic rings. The summed E-state index contributed by atoms with van der Waals surface area (Å²) >= 11 is 0. The molecule has 1 saturated carbocycles. The van der Waals surface area contributed by atoms with E-state index in [1.165, 1.54) is 19.3 Å². The molecule has 3 atom stereocenters. The van der Waals surface area contributed by atoms with E-state index in [1.54, 1.807) is 0 Å². The summed E-state index contributed by atoms with van der Waals surface area (Å²) in [4.78, 5) is 19.2. The van der Waals surface area contributed by atoms with Gasteiger partial charge < -0.3 is 10.3 Å². The molecule has 2 N–H and O–H groups in total. The van der Waals surface area contributed by atoms with E-state index in [1.807, 2.05) is 13.8 Å². The Morgan fingerprint density at radius 3 is 2.67 bits per heavy atom. The average Bonchev–Trinajstić information content (AvgIpc) is 2.62. The topological polar surface area (TPSA) is 57.8 Å². The van der Waals surface area contributed by atoms with Crippen LogP contribution in [0.4, 0.5) is 0 Å². The first kappa shape index (κ1) is 13.3. The van der Waals surface area contributed by atoms with E-state index in [-0.39, 0.29) is 11.6 Å². The third-order valence-corrected chi connectivity index (χ3v) is 4.02. The van der Waals surface area contributed by atoms with Gasteiger partial charge in [-0.2, -0.15) is 0 Å². The molecule has 4 nitrogen and oxygen atoms in total. The fourth-order valence-corrected chi connectivity index (χ4v) is 3.04. The van der Waals surface area contributed by atoms with Gasteiger partial charge >= 0.3 is 0 Å². The minimum Gasteiger partial charge on any atom is -0.310 e. The SMILES string of the molecule is Cc1nc(C)c(C(C)NC2CCCC2C)c(=O)[nH]1. The molecule has 1 heterocycles. The van der Waals surface area contributed by atoms with Gasteiger partial charge in [0.2, 0.25) is 0 Å². The molecular formula is C14H23N3O. The summed E-state index contributed by atoms with van der Waals surface area (Å²) in [5.74, 6) is 1.38. The van der Waals surface area contributed by atoms with Crippen LogP contribution in [0, 0.1) is 19.8 Å². The summed E-state index contributed by atoms with van der Waals surface area (Å²) in [7, 11) is 0. The third kappa shape index (κ3) is 2.64. The molecule has 4 heteroatoms. The molecule has 100 valence electrons. The van der Waals surface area contributed by atoms with Crippen LogP contribution in [0.1, 0.15) is 56.2 Å². The Morgan fingerprint density at radius 2 is 2.11 bits per heavy atom. The molecule has 0 bridgehead atoms. The smallest absolute Gasteiger partial charge is 0.255 e. The summed E-state index contributed by atoms with van der Waals surface area (Å²) in [5, 5.41) is 3.59. The molecule has 0 radical (unpaired) electrons. The summed E-state index contributed by atoms with van der Waals surface area (Å²) in [6.07, 6.45) is 3.78. The lowest BCUT2D eigenvalue weighted by Gasteiger charge is -2.23. The van der Waals surface area contributed by atoms with Gasteiger partial charge in [-0.25, -0.2) is 4.98 Å². The lowest BCUT2D eigenvalue weighted by atomic mass is 10.0. The molecule has 0 aliphatic heterocycles. The van der Waals surface area contributed by atoms with E-state index >= 15 is 0 Å². The van der Waals surface area contributed by atoms with Crippen LogP contribution < -0.4 is 10.9 Å². The van der Waals surface area contributed by atoms with Crippen molar-refractivity contribution in [3.05, 3.63) is 27.4 Å². The van der Waals surface area contributed by atoms with Crippen LogP contribution in [-0.2, 0) is 0 Å². The van der Waals surface area contributed by atoms with Gasteiger partial charge in [0.05, 0.1) is 5.56 Å². The van der Waals surface area contributed by atoms with Gasteiger partial charge in [0, 0.05) is 17.8 Å². The van der Waals surface area contributed by atoms with Crippen LogP contribution in [0.25, 0.3) is 0 Å². The van der Waals surface area contributed by atoms with Crippen LogP contribution >= 0.6 is 0 Å². The number of aryl methyl sites for hydroxylation is 2. The van der Waals surface area contributed by atoms with Crippen molar-refractivity contribution in [2.45, 2.75) is 59.0 Å². The highest BCUT2D eigenvalue weighted by Gasteiger charge is 2.26. The van der Waals surface area contributed by atoms with Crippen LogP contribution in [0.2, 0.25) is 0 Å². The Labute approximate surface area is 108 Å². The first-order valence-corrected chi connectivity index (χ1v) is 6.82. The predicted octanol–water partition coefficient (Wildman–Crippen LogP) is 2.23. The second-order valence-electron chi connectivity index (χ2n) is 5.55. The second-order valence-corrected chi connectivity index (χ2v) is 5.55. The molecule has 0 amide bonds. The van der Waals surface area contributed by atoms with E-state index < -0.39 is 0 Å². The highest BCUT2D eigenvalue weighted by atomic mass is 16.1. The summed E-state index contributed by atoms with van der Waals surface area (Å²) in [6, 6.07) is 0.590. The molecule has 0 spiro atoms. The highest BCUT2D eigenvalue weighted by Crippen LogP contribution is 2.27. The largest absolute Gasteiger partial charge is 0.310 e. The molecule has 2 rings (SSSR count). The van der Waals surface area contributed by atoms with E-state index in [0.29, 0.717) is 17.8 Å². The number of rotatable bonds is 3. The van der Waals surface area contributed by atoms with E-state index in [2.05, 4.69) is 29.1 Å². The Kier molecular flexibility index (Phi) is 3.85. The maximum atomic E-state index is 12.0. The standard InChI is InChI=1S/C14H23N3O/c1-8-6-5-7-12(8)16-10(3)13-9(2)15-11(4)17-14(13)18/h8,10,12,16H,5-7H2,1-4H3,(H,15,17,18). The van der Waals surface area contributed by atoms with Gasteiger partial charge in [-0.15, -0.1) is 0 Å². The number of hydrogen-bond donors (Lipinski definition) is 2. The Hall–Kier alpha value is -1.16. The first-order chi connectivity index (χ1) is 8.49. The third-order valence-electron chi connectivity index (χ3n) is 4.02. The van der Waals surface area contributed by atoms with Crippen LogP contribution in [0.5, 0.6) is 0 Å². The maximum Gasteiger partial charge on any atom is 0.255 e. The molecule has 1 aromatic heterocycles. The summed E-state index contributed by atoms with van der Waals surface area (Å²) < 4.78 is 0.